The van der Waals surface area contributed by atoms with Crippen molar-refractivity contribution in [3.05, 3.63) is 71.7 Å². The third-order valence-corrected chi connectivity index (χ3v) is 5.67. The summed E-state index contributed by atoms with van der Waals surface area (Å²) in [5.74, 6) is -0.0775. The first-order valence-electron chi connectivity index (χ1n) is 10.9. The number of aromatic amines is 1. The molecule has 1 aromatic carbocycles. The topological polar surface area (TPSA) is 124 Å². The van der Waals surface area contributed by atoms with E-state index in [1.54, 1.807) is 24.5 Å². The van der Waals surface area contributed by atoms with Gasteiger partial charge in [0.05, 0.1) is 23.9 Å². The van der Waals surface area contributed by atoms with Gasteiger partial charge in [-0.25, -0.2) is 9.97 Å². The molecule has 1 unspecified atom stereocenters. The number of pyridine rings is 2. The lowest BCUT2D eigenvalue weighted by molar-refractivity contribution is -0.137. The number of fused-ring (bicyclic) bond motifs is 1. The summed E-state index contributed by atoms with van der Waals surface area (Å²) in [5.41, 5.74) is 5.34. The van der Waals surface area contributed by atoms with Crippen LogP contribution >= 0.6 is 0 Å². The second kappa shape index (κ2) is 9.70. The Morgan fingerprint density at radius 2 is 2.00 bits per heavy atom. The Bertz CT molecular complexity index is 1330. The summed E-state index contributed by atoms with van der Waals surface area (Å²) in [6.45, 7) is 3.83. The maximum Gasteiger partial charge on any atom is 0.303 e. The molecule has 3 heterocycles. The molecule has 0 spiro atoms. The van der Waals surface area contributed by atoms with Gasteiger partial charge in [0.2, 0.25) is 11.9 Å². The largest absolute Gasteiger partial charge is 0.481 e. The SMILES string of the molecule is Cc1cnccc1N(C)c1nc2cc(CC(=O)Nc3ccc(C(C)CC(=O)O)cn3)ccc2[nH]1. The summed E-state index contributed by atoms with van der Waals surface area (Å²) in [7, 11) is 1.94. The molecule has 1 atom stereocenters. The Morgan fingerprint density at radius 3 is 2.71 bits per heavy atom. The molecule has 174 valence electrons. The third-order valence-electron chi connectivity index (χ3n) is 5.67. The molecule has 4 rings (SSSR count). The van der Waals surface area contributed by atoms with E-state index in [9.17, 15) is 9.59 Å². The van der Waals surface area contributed by atoms with Crippen molar-refractivity contribution in [3.8, 4) is 0 Å². The molecule has 0 saturated heterocycles. The standard InChI is InChI=1S/C25H26N6O3/c1-15(10-24(33)34)18-5-7-22(27-14-18)30-23(32)12-17-4-6-19-20(11-17)29-25(28-19)31(3)21-8-9-26-13-16(21)2/h4-9,11,13-15H,10,12H2,1-3H3,(H,28,29)(H,33,34)(H,27,30,32). The van der Waals surface area contributed by atoms with Gasteiger partial charge < -0.3 is 20.3 Å². The number of aryl methyl sites for hydroxylation is 1. The first-order valence-corrected chi connectivity index (χ1v) is 10.9. The van der Waals surface area contributed by atoms with Crippen LogP contribution in [0.3, 0.4) is 0 Å². The normalized spacial score (nSPS) is 11.9. The Kier molecular flexibility index (Phi) is 6.53. The highest BCUT2D eigenvalue weighted by molar-refractivity contribution is 5.92. The number of carboxylic acid groups (broad SMARTS) is 1. The number of aliphatic carboxylic acids is 1. The van der Waals surface area contributed by atoms with Gasteiger partial charge in [-0.05, 0) is 53.8 Å². The van der Waals surface area contributed by atoms with Gasteiger partial charge in [-0.1, -0.05) is 19.1 Å². The van der Waals surface area contributed by atoms with Crippen LogP contribution in [0.15, 0.2) is 55.0 Å². The highest BCUT2D eigenvalue weighted by Gasteiger charge is 2.14. The monoisotopic (exact) mass is 458 g/mol. The number of H-pyrrole nitrogens is 1. The first kappa shape index (κ1) is 22.9. The van der Waals surface area contributed by atoms with E-state index in [1.807, 2.05) is 56.3 Å². The average Bonchev–Trinajstić information content (AvgIpc) is 3.22. The lowest BCUT2D eigenvalue weighted by Crippen LogP contribution is -2.15. The molecular formula is C25H26N6O3. The van der Waals surface area contributed by atoms with Gasteiger partial charge in [0, 0.05) is 31.3 Å². The van der Waals surface area contributed by atoms with Gasteiger partial charge in [0.25, 0.3) is 0 Å². The molecule has 0 aliphatic heterocycles. The van der Waals surface area contributed by atoms with Crippen molar-refractivity contribution in [2.24, 2.45) is 0 Å². The van der Waals surface area contributed by atoms with Gasteiger partial charge in [-0.2, -0.15) is 0 Å². The lowest BCUT2D eigenvalue weighted by Gasteiger charge is -2.17. The lowest BCUT2D eigenvalue weighted by atomic mass is 10.00. The second-order valence-electron chi connectivity index (χ2n) is 8.33. The zero-order valence-corrected chi connectivity index (χ0v) is 19.2. The molecule has 9 heteroatoms. The van der Waals surface area contributed by atoms with E-state index < -0.39 is 5.97 Å². The molecule has 34 heavy (non-hydrogen) atoms. The van der Waals surface area contributed by atoms with Gasteiger partial charge >= 0.3 is 5.97 Å². The maximum atomic E-state index is 12.5. The number of benzene rings is 1. The number of nitrogens with one attached hydrogen (secondary N) is 2. The molecule has 0 bridgehead atoms. The van der Waals surface area contributed by atoms with E-state index in [1.165, 1.54) is 0 Å². The number of nitrogens with zero attached hydrogens (tertiary/aromatic N) is 4. The van der Waals surface area contributed by atoms with E-state index in [-0.39, 0.29) is 24.7 Å². The number of carbonyl (C=O) groups is 2. The van der Waals surface area contributed by atoms with E-state index >= 15 is 0 Å². The van der Waals surface area contributed by atoms with Gasteiger partial charge in [-0.15, -0.1) is 0 Å². The van der Waals surface area contributed by atoms with Crippen LogP contribution in [0.5, 0.6) is 0 Å². The van der Waals surface area contributed by atoms with Crippen molar-refractivity contribution in [2.45, 2.75) is 32.6 Å². The quantitative estimate of drug-likeness (QED) is 0.362. The molecule has 0 radical (unpaired) electrons. The van der Waals surface area contributed by atoms with E-state index in [0.717, 1.165) is 33.4 Å². The van der Waals surface area contributed by atoms with Crippen LogP contribution in [0.1, 0.15) is 36.0 Å². The molecule has 4 aromatic rings. The van der Waals surface area contributed by atoms with Crippen LogP contribution in [0.4, 0.5) is 17.5 Å². The number of anilines is 3. The number of carbonyl (C=O) groups excluding carboxylic acids is 1. The minimum Gasteiger partial charge on any atom is -0.481 e. The minimum atomic E-state index is -0.856. The van der Waals surface area contributed by atoms with E-state index in [2.05, 4.69) is 20.3 Å². The number of rotatable bonds is 8. The predicted molar refractivity (Wildman–Crippen MR) is 130 cm³/mol. The molecule has 0 aliphatic rings. The van der Waals surface area contributed by atoms with Crippen molar-refractivity contribution in [1.82, 2.24) is 19.9 Å². The fraction of sp³-hybridized carbons (Fsp3) is 0.240. The number of carboxylic acids is 1. The minimum absolute atomic E-state index is 0.0305. The molecule has 0 fully saturated rings. The summed E-state index contributed by atoms with van der Waals surface area (Å²) in [4.78, 5) is 41.8. The number of hydrogen-bond acceptors (Lipinski definition) is 6. The highest BCUT2D eigenvalue weighted by Crippen LogP contribution is 2.26. The number of hydrogen-bond donors (Lipinski definition) is 3. The van der Waals surface area contributed by atoms with Crippen molar-refractivity contribution in [3.63, 3.8) is 0 Å². The van der Waals surface area contributed by atoms with Crippen LogP contribution < -0.4 is 10.2 Å². The third kappa shape index (κ3) is 5.20. The molecule has 0 aliphatic carbocycles. The van der Waals surface area contributed by atoms with Crippen LogP contribution in [0, 0.1) is 6.92 Å². The van der Waals surface area contributed by atoms with Crippen LogP contribution in [0.25, 0.3) is 11.0 Å². The Hall–Kier alpha value is -4.27. The van der Waals surface area contributed by atoms with Crippen molar-refractivity contribution >= 4 is 40.4 Å². The van der Waals surface area contributed by atoms with Crippen LogP contribution in [-0.2, 0) is 16.0 Å². The van der Waals surface area contributed by atoms with E-state index in [0.29, 0.717) is 11.8 Å². The van der Waals surface area contributed by atoms with Crippen LogP contribution in [0.2, 0.25) is 0 Å². The fourth-order valence-electron chi connectivity index (χ4n) is 3.79. The van der Waals surface area contributed by atoms with Crippen molar-refractivity contribution in [1.29, 1.82) is 0 Å². The molecule has 3 aromatic heterocycles. The van der Waals surface area contributed by atoms with Crippen molar-refractivity contribution < 1.29 is 14.7 Å². The Labute approximate surface area is 196 Å². The smallest absolute Gasteiger partial charge is 0.303 e. The summed E-state index contributed by atoms with van der Waals surface area (Å²) in [6.07, 6.45) is 5.36. The van der Waals surface area contributed by atoms with Gasteiger partial charge in [-0.3, -0.25) is 14.6 Å². The summed E-state index contributed by atoms with van der Waals surface area (Å²) >= 11 is 0. The van der Waals surface area contributed by atoms with Gasteiger partial charge in [0.15, 0.2) is 0 Å². The van der Waals surface area contributed by atoms with Crippen molar-refractivity contribution in [2.75, 3.05) is 17.3 Å². The average molecular weight is 459 g/mol. The molecular weight excluding hydrogens is 432 g/mol. The number of aromatic nitrogens is 4. The van der Waals surface area contributed by atoms with Gasteiger partial charge in [0.1, 0.15) is 5.82 Å². The fourth-order valence-corrected chi connectivity index (χ4v) is 3.79. The van der Waals surface area contributed by atoms with E-state index in [4.69, 9.17) is 10.1 Å². The molecule has 0 saturated carbocycles. The summed E-state index contributed by atoms with van der Waals surface area (Å²) in [5, 5.41) is 11.7. The van der Waals surface area contributed by atoms with Crippen LogP contribution in [-0.4, -0.2) is 44.0 Å². The highest BCUT2D eigenvalue weighted by atomic mass is 16.4. The molecule has 3 N–H and O–H groups in total. The summed E-state index contributed by atoms with van der Waals surface area (Å²) < 4.78 is 0. The maximum absolute atomic E-state index is 12.5. The Balaban J connectivity index is 1.42. The predicted octanol–water partition coefficient (Wildman–Crippen LogP) is 4.19. The number of amides is 1. The molecule has 9 nitrogen and oxygen atoms in total. The number of imidazole rings is 1. The zero-order valence-electron chi connectivity index (χ0n) is 19.2. The second-order valence-corrected chi connectivity index (χ2v) is 8.33. The summed E-state index contributed by atoms with van der Waals surface area (Å²) in [6, 6.07) is 11.1. The Morgan fingerprint density at radius 1 is 1.18 bits per heavy atom. The zero-order chi connectivity index (χ0) is 24.2. The molecule has 1 amide bonds. The first-order chi connectivity index (χ1) is 16.3.